The summed E-state index contributed by atoms with van der Waals surface area (Å²) in [5, 5.41) is 9.56. The summed E-state index contributed by atoms with van der Waals surface area (Å²) >= 11 is 0. The van der Waals surface area contributed by atoms with Crippen molar-refractivity contribution >= 4 is 22.6 Å². The first-order chi connectivity index (χ1) is 10.1. The average Bonchev–Trinajstić information content (AvgIpc) is 2.51. The Bertz CT molecular complexity index is 760. The third kappa shape index (κ3) is 2.27. The van der Waals surface area contributed by atoms with E-state index in [0.29, 0.717) is 18.6 Å². The molecule has 1 aliphatic heterocycles. The number of carboxylic acid groups (broad SMARTS) is 1. The van der Waals surface area contributed by atoms with Gasteiger partial charge in [-0.15, -0.1) is 0 Å². The first kappa shape index (κ1) is 13.6. The van der Waals surface area contributed by atoms with Crippen molar-refractivity contribution in [3.63, 3.8) is 0 Å². The number of ether oxygens (including phenoxy) is 1. The van der Waals surface area contributed by atoms with E-state index in [9.17, 15) is 9.59 Å². The molecule has 0 atom stereocenters. The van der Waals surface area contributed by atoms with Gasteiger partial charge in [-0.3, -0.25) is 4.79 Å². The van der Waals surface area contributed by atoms with Gasteiger partial charge in [-0.25, -0.2) is 4.79 Å². The van der Waals surface area contributed by atoms with Gasteiger partial charge in [0.2, 0.25) is 5.43 Å². The molecule has 0 amide bonds. The Kier molecular flexibility index (Phi) is 3.39. The van der Waals surface area contributed by atoms with Gasteiger partial charge in [0.15, 0.2) is 0 Å². The predicted molar refractivity (Wildman–Crippen MR) is 79.2 cm³/mol. The van der Waals surface area contributed by atoms with E-state index in [2.05, 4.69) is 4.90 Å². The summed E-state index contributed by atoms with van der Waals surface area (Å²) in [5.74, 6) is -1.20. The van der Waals surface area contributed by atoms with Crippen molar-refractivity contribution in [1.29, 1.82) is 0 Å². The molecule has 1 saturated heterocycles. The smallest absolute Gasteiger partial charge is 0.341 e. The summed E-state index contributed by atoms with van der Waals surface area (Å²) in [6, 6.07) is 5.42. The lowest BCUT2D eigenvalue weighted by atomic mass is 10.1. The molecular weight excluding hydrogens is 272 g/mol. The molecule has 2 heterocycles. The second-order valence-corrected chi connectivity index (χ2v) is 5.06. The molecule has 0 bridgehead atoms. The Morgan fingerprint density at radius 3 is 2.67 bits per heavy atom. The number of morpholine rings is 1. The zero-order valence-electron chi connectivity index (χ0n) is 11.7. The molecule has 0 saturated carbocycles. The third-order valence-electron chi connectivity index (χ3n) is 3.76. The number of aromatic carboxylic acids is 1. The Labute approximate surface area is 121 Å². The van der Waals surface area contributed by atoms with Crippen LogP contribution in [0.5, 0.6) is 0 Å². The topological polar surface area (TPSA) is 71.8 Å². The zero-order chi connectivity index (χ0) is 15.0. The SMILES string of the molecule is Cn1cc(C(=O)O)c(=O)c2cccc(N3CCOCC3)c21. The van der Waals surface area contributed by atoms with E-state index in [1.54, 1.807) is 23.7 Å². The van der Waals surface area contributed by atoms with Crippen LogP contribution in [-0.4, -0.2) is 41.9 Å². The van der Waals surface area contributed by atoms with Crippen LogP contribution in [0.1, 0.15) is 10.4 Å². The minimum absolute atomic E-state index is 0.205. The molecule has 0 spiro atoms. The minimum Gasteiger partial charge on any atom is -0.477 e. The molecule has 3 rings (SSSR count). The molecule has 2 aromatic rings. The van der Waals surface area contributed by atoms with Gasteiger partial charge in [-0.05, 0) is 12.1 Å². The van der Waals surface area contributed by atoms with Crippen molar-refractivity contribution < 1.29 is 14.6 Å². The standard InChI is InChI=1S/C15H16N2O4/c1-16-9-11(15(19)20)14(18)10-3-2-4-12(13(10)16)17-5-7-21-8-6-17/h2-4,9H,5-8H2,1H3,(H,19,20). The van der Waals surface area contributed by atoms with Gasteiger partial charge >= 0.3 is 5.97 Å². The van der Waals surface area contributed by atoms with Crippen molar-refractivity contribution in [2.45, 2.75) is 0 Å². The fourth-order valence-electron chi connectivity index (χ4n) is 2.76. The maximum absolute atomic E-state index is 12.3. The number of anilines is 1. The van der Waals surface area contributed by atoms with E-state index in [1.807, 2.05) is 6.07 Å². The summed E-state index contributed by atoms with van der Waals surface area (Å²) in [6.45, 7) is 2.82. The van der Waals surface area contributed by atoms with Gasteiger partial charge < -0.3 is 19.3 Å². The molecule has 6 heteroatoms. The lowest BCUT2D eigenvalue weighted by molar-refractivity contribution is 0.0695. The van der Waals surface area contributed by atoms with Gasteiger partial charge in [0.1, 0.15) is 5.56 Å². The van der Waals surface area contributed by atoms with E-state index in [4.69, 9.17) is 9.84 Å². The number of carbonyl (C=O) groups is 1. The number of hydrogen-bond donors (Lipinski definition) is 1. The number of rotatable bonds is 2. The number of para-hydroxylation sites is 1. The van der Waals surface area contributed by atoms with Crippen molar-refractivity contribution in [2.24, 2.45) is 7.05 Å². The highest BCUT2D eigenvalue weighted by atomic mass is 16.5. The van der Waals surface area contributed by atoms with Crippen LogP contribution in [-0.2, 0) is 11.8 Å². The first-order valence-electron chi connectivity index (χ1n) is 6.78. The quantitative estimate of drug-likeness (QED) is 0.895. The number of carboxylic acids is 1. The largest absolute Gasteiger partial charge is 0.477 e. The molecular formula is C15H16N2O4. The molecule has 110 valence electrons. The van der Waals surface area contributed by atoms with E-state index >= 15 is 0 Å². The Morgan fingerprint density at radius 2 is 2.00 bits per heavy atom. The lowest BCUT2D eigenvalue weighted by Crippen LogP contribution is -2.36. The van der Waals surface area contributed by atoms with Gasteiger partial charge in [-0.2, -0.15) is 0 Å². The second-order valence-electron chi connectivity index (χ2n) is 5.06. The van der Waals surface area contributed by atoms with Crippen molar-refractivity contribution in [3.8, 4) is 0 Å². The van der Waals surface area contributed by atoms with Gasteiger partial charge in [-0.1, -0.05) is 6.07 Å². The Morgan fingerprint density at radius 1 is 1.29 bits per heavy atom. The maximum atomic E-state index is 12.3. The zero-order valence-corrected chi connectivity index (χ0v) is 11.7. The van der Waals surface area contributed by atoms with Gasteiger partial charge in [0.25, 0.3) is 0 Å². The highest BCUT2D eigenvalue weighted by Crippen LogP contribution is 2.25. The molecule has 1 aromatic heterocycles. The van der Waals surface area contributed by atoms with Crippen molar-refractivity contribution in [1.82, 2.24) is 4.57 Å². The number of fused-ring (bicyclic) bond motifs is 1. The number of pyridine rings is 1. The molecule has 0 aliphatic carbocycles. The van der Waals surface area contributed by atoms with E-state index in [1.165, 1.54) is 6.20 Å². The van der Waals surface area contributed by atoms with Crippen LogP contribution in [0.15, 0.2) is 29.2 Å². The highest BCUT2D eigenvalue weighted by molar-refractivity contribution is 5.97. The average molecular weight is 288 g/mol. The molecule has 1 aromatic carbocycles. The summed E-state index contributed by atoms with van der Waals surface area (Å²) in [6.07, 6.45) is 1.39. The van der Waals surface area contributed by atoms with Crippen molar-refractivity contribution in [3.05, 3.63) is 40.2 Å². The second kappa shape index (κ2) is 5.21. The number of hydrogen-bond acceptors (Lipinski definition) is 4. The highest BCUT2D eigenvalue weighted by Gasteiger charge is 2.19. The molecule has 0 radical (unpaired) electrons. The van der Waals surface area contributed by atoms with Gasteiger partial charge in [0.05, 0.1) is 24.4 Å². The number of aromatic nitrogens is 1. The maximum Gasteiger partial charge on any atom is 0.341 e. The Balaban J connectivity index is 2.26. The molecule has 1 aliphatic rings. The molecule has 1 fully saturated rings. The fraction of sp³-hybridized carbons (Fsp3) is 0.333. The summed E-state index contributed by atoms with van der Waals surface area (Å²) in [5.41, 5.74) is 1.05. The summed E-state index contributed by atoms with van der Waals surface area (Å²) in [4.78, 5) is 25.6. The summed E-state index contributed by atoms with van der Waals surface area (Å²) < 4.78 is 7.06. The van der Waals surface area contributed by atoms with Crippen LogP contribution in [0, 0.1) is 0 Å². The van der Waals surface area contributed by atoms with E-state index in [0.717, 1.165) is 24.3 Å². The minimum atomic E-state index is -1.20. The first-order valence-corrected chi connectivity index (χ1v) is 6.78. The third-order valence-corrected chi connectivity index (χ3v) is 3.76. The monoisotopic (exact) mass is 288 g/mol. The normalized spacial score (nSPS) is 15.4. The van der Waals surface area contributed by atoms with Crippen LogP contribution in [0.25, 0.3) is 10.9 Å². The van der Waals surface area contributed by atoms with Crippen LogP contribution >= 0.6 is 0 Å². The lowest BCUT2D eigenvalue weighted by Gasteiger charge is -2.30. The van der Waals surface area contributed by atoms with Gasteiger partial charge in [0, 0.05) is 31.7 Å². The Hall–Kier alpha value is -2.34. The predicted octanol–water partition coefficient (Wildman–Crippen LogP) is 1.07. The number of aryl methyl sites for hydroxylation is 1. The molecule has 0 unspecified atom stereocenters. The van der Waals surface area contributed by atoms with Crippen LogP contribution in [0.2, 0.25) is 0 Å². The van der Waals surface area contributed by atoms with Crippen molar-refractivity contribution in [2.75, 3.05) is 31.2 Å². The van der Waals surface area contributed by atoms with Crippen LogP contribution in [0.4, 0.5) is 5.69 Å². The molecule has 6 nitrogen and oxygen atoms in total. The fourth-order valence-corrected chi connectivity index (χ4v) is 2.76. The van der Waals surface area contributed by atoms with E-state index < -0.39 is 11.4 Å². The molecule has 1 N–H and O–H groups in total. The van der Waals surface area contributed by atoms with E-state index in [-0.39, 0.29) is 5.56 Å². The number of nitrogens with zero attached hydrogens (tertiary/aromatic N) is 2. The van der Waals surface area contributed by atoms with Crippen LogP contribution in [0.3, 0.4) is 0 Å². The molecule has 21 heavy (non-hydrogen) atoms. The summed E-state index contributed by atoms with van der Waals surface area (Å²) in [7, 11) is 1.76. The number of benzene rings is 1. The van der Waals surface area contributed by atoms with Crippen LogP contribution < -0.4 is 10.3 Å².